The highest BCUT2D eigenvalue weighted by molar-refractivity contribution is 7.11. The van der Waals surface area contributed by atoms with Crippen LogP contribution in [-0.2, 0) is 6.61 Å². The van der Waals surface area contributed by atoms with Gasteiger partial charge in [0.2, 0.25) is 5.88 Å². The number of benzene rings is 1. The highest BCUT2D eigenvalue weighted by Crippen LogP contribution is 2.32. The number of aromatic carboxylic acids is 1. The van der Waals surface area contributed by atoms with Gasteiger partial charge in [0.25, 0.3) is 0 Å². The lowest BCUT2D eigenvalue weighted by Gasteiger charge is -2.09. The van der Waals surface area contributed by atoms with Crippen molar-refractivity contribution in [3.8, 4) is 5.88 Å². The molecule has 0 bridgehead atoms. The average molecular weight is 530 g/mol. The van der Waals surface area contributed by atoms with E-state index in [-0.39, 0.29) is 5.00 Å². The van der Waals surface area contributed by atoms with Crippen LogP contribution in [0.1, 0.15) is 28.8 Å². The van der Waals surface area contributed by atoms with Crippen LogP contribution in [0.2, 0.25) is 5.02 Å². The van der Waals surface area contributed by atoms with E-state index in [0.717, 1.165) is 12.1 Å². The molecule has 2 amide bonds. The number of ether oxygens (including phenoxy) is 1. The second-order valence-electron chi connectivity index (χ2n) is 6.98. The van der Waals surface area contributed by atoms with E-state index in [0.29, 0.717) is 37.1 Å². The van der Waals surface area contributed by atoms with Crippen LogP contribution in [0.15, 0.2) is 30.6 Å². The molecule has 3 rings (SSSR count). The molecule has 3 aromatic rings. The number of carboxylic acid groups (broad SMARTS) is 1. The molecule has 186 valence electrons. The van der Waals surface area contributed by atoms with Gasteiger partial charge < -0.3 is 20.5 Å². The van der Waals surface area contributed by atoms with Crippen LogP contribution in [0.5, 0.6) is 5.88 Å². The van der Waals surface area contributed by atoms with Gasteiger partial charge in [0, 0.05) is 31.2 Å². The largest absolute Gasteiger partial charge is 0.477 e. The molecule has 0 saturated carbocycles. The summed E-state index contributed by atoms with van der Waals surface area (Å²) in [5.41, 5.74) is -0.370. The summed E-state index contributed by atoms with van der Waals surface area (Å²) >= 11 is 5.98. The van der Waals surface area contributed by atoms with Gasteiger partial charge >= 0.3 is 12.0 Å². The number of carbonyl (C=O) groups excluding carboxylic acids is 1. The molecule has 0 fully saturated rings. The van der Waals surface area contributed by atoms with Gasteiger partial charge in [-0.2, -0.15) is 4.37 Å². The number of hydrogen-bond donors (Lipinski definition) is 4. The number of anilines is 2. The molecular formula is C21H19ClF3N5O4S. The lowest BCUT2D eigenvalue weighted by molar-refractivity contribution is 0.0693. The second-order valence-corrected chi connectivity index (χ2v) is 8.16. The molecule has 0 aliphatic heterocycles. The maximum atomic E-state index is 14.0. The Balaban J connectivity index is 1.51. The number of amides is 2. The number of unbranched alkanes of at least 4 members (excludes halogenated alkanes) is 1. The molecule has 9 nitrogen and oxygen atoms in total. The molecule has 1 aromatic carbocycles. The average Bonchev–Trinajstić information content (AvgIpc) is 3.23. The monoisotopic (exact) mass is 529 g/mol. The summed E-state index contributed by atoms with van der Waals surface area (Å²) < 4.78 is 50.4. The van der Waals surface area contributed by atoms with Crippen LogP contribution in [-0.4, -0.2) is 39.6 Å². The van der Waals surface area contributed by atoms with Gasteiger partial charge in [0.05, 0.1) is 10.6 Å². The van der Waals surface area contributed by atoms with Crippen molar-refractivity contribution < 1.29 is 32.6 Å². The number of halogens is 4. The van der Waals surface area contributed by atoms with E-state index in [1.807, 2.05) is 12.1 Å². The summed E-state index contributed by atoms with van der Waals surface area (Å²) in [6.07, 6.45) is 4.76. The highest BCUT2D eigenvalue weighted by atomic mass is 35.5. The van der Waals surface area contributed by atoms with Crippen molar-refractivity contribution in [1.29, 1.82) is 0 Å². The summed E-state index contributed by atoms with van der Waals surface area (Å²) in [5, 5.41) is 16.8. The van der Waals surface area contributed by atoms with Crippen molar-refractivity contribution in [2.75, 3.05) is 23.7 Å². The molecule has 35 heavy (non-hydrogen) atoms. The van der Waals surface area contributed by atoms with Crippen molar-refractivity contribution in [1.82, 2.24) is 14.7 Å². The number of nitrogens with zero attached hydrogens (tertiary/aromatic N) is 2. The summed E-state index contributed by atoms with van der Waals surface area (Å²) in [4.78, 5) is 27.7. The first-order valence-corrected chi connectivity index (χ1v) is 11.3. The van der Waals surface area contributed by atoms with Crippen molar-refractivity contribution in [2.24, 2.45) is 0 Å². The smallest absolute Gasteiger partial charge is 0.344 e. The molecule has 0 atom stereocenters. The zero-order chi connectivity index (χ0) is 25.4. The number of urea groups is 1. The van der Waals surface area contributed by atoms with E-state index in [1.54, 1.807) is 12.4 Å². The normalized spacial score (nSPS) is 10.6. The van der Waals surface area contributed by atoms with E-state index >= 15 is 0 Å². The van der Waals surface area contributed by atoms with Crippen LogP contribution in [0, 0.1) is 17.5 Å². The Morgan fingerprint density at radius 3 is 2.54 bits per heavy atom. The molecule has 0 aliphatic carbocycles. The second kappa shape index (κ2) is 12.2. The van der Waals surface area contributed by atoms with E-state index in [4.69, 9.17) is 16.3 Å². The Hall–Kier alpha value is -3.58. The van der Waals surface area contributed by atoms with Gasteiger partial charge in [-0.05, 0) is 42.6 Å². The van der Waals surface area contributed by atoms with Gasteiger partial charge in [-0.3, -0.25) is 10.3 Å². The first-order chi connectivity index (χ1) is 16.8. The van der Waals surface area contributed by atoms with E-state index in [1.165, 1.54) is 0 Å². The first-order valence-electron chi connectivity index (χ1n) is 10.1. The van der Waals surface area contributed by atoms with Crippen molar-refractivity contribution >= 4 is 45.8 Å². The minimum absolute atomic E-state index is 0.146. The number of nitrogens with one attached hydrogen (secondary N) is 3. The topological polar surface area (TPSA) is 125 Å². The summed E-state index contributed by atoms with van der Waals surface area (Å²) in [7, 11) is 0. The minimum atomic E-state index is -1.56. The van der Waals surface area contributed by atoms with Gasteiger partial charge in [-0.15, -0.1) is 0 Å². The molecule has 14 heteroatoms. The molecule has 0 saturated heterocycles. The van der Waals surface area contributed by atoms with Crippen LogP contribution < -0.4 is 20.7 Å². The number of aromatic nitrogens is 2. The third-order valence-electron chi connectivity index (χ3n) is 4.56. The third-order valence-corrected chi connectivity index (χ3v) is 5.58. The Kier molecular flexibility index (Phi) is 9.09. The molecule has 4 N–H and O–H groups in total. The Bertz CT molecular complexity index is 1200. The first kappa shape index (κ1) is 26.0. The zero-order valence-electron chi connectivity index (χ0n) is 17.9. The highest BCUT2D eigenvalue weighted by Gasteiger charge is 2.25. The van der Waals surface area contributed by atoms with Crippen LogP contribution in [0.3, 0.4) is 0 Å². The predicted molar refractivity (Wildman–Crippen MR) is 124 cm³/mol. The number of pyridine rings is 1. The third kappa shape index (κ3) is 6.96. The standard InChI is InChI=1S/C21H19ClF3N5O4S/c22-13-9-14(23)12(16(24)17(13)25)10-34-18-15(20(31)32)19(35-30-18)29-21(33)28-6-2-1-5-27-11-3-7-26-8-4-11/h3-4,7-9H,1-2,5-6,10H2,(H,26,27)(H,31,32)(H2,28,29,33). The molecule has 2 heterocycles. The van der Waals surface area contributed by atoms with E-state index < -0.39 is 58.1 Å². The molecule has 2 aromatic heterocycles. The van der Waals surface area contributed by atoms with Crippen LogP contribution in [0.25, 0.3) is 0 Å². The number of rotatable bonds is 11. The summed E-state index contributed by atoms with van der Waals surface area (Å²) in [6.45, 7) is 0.161. The van der Waals surface area contributed by atoms with Crippen LogP contribution in [0.4, 0.5) is 28.7 Å². The Morgan fingerprint density at radius 2 is 1.83 bits per heavy atom. The van der Waals surface area contributed by atoms with Crippen molar-refractivity contribution in [3.63, 3.8) is 0 Å². The lowest BCUT2D eigenvalue weighted by atomic mass is 10.2. The maximum absolute atomic E-state index is 14.0. The van der Waals surface area contributed by atoms with E-state index in [2.05, 4.69) is 25.3 Å². The van der Waals surface area contributed by atoms with Crippen LogP contribution >= 0.6 is 23.1 Å². The number of carbonyl (C=O) groups is 2. The van der Waals surface area contributed by atoms with Gasteiger partial charge in [-0.25, -0.2) is 22.8 Å². The Morgan fingerprint density at radius 1 is 1.11 bits per heavy atom. The van der Waals surface area contributed by atoms with Crippen molar-refractivity contribution in [3.05, 3.63) is 64.2 Å². The Labute approximate surface area is 206 Å². The van der Waals surface area contributed by atoms with E-state index in [9.17, 15) is 27.9 Å². The zero-order valence-corrected chi connectivity index (χ0v) is 19.5. The fourth-order valence-corrected chi connectivity index (χ4v) is 3.73. The lowest BCUT2D eigenvalue weighted by Crippen LogP contribution is -2.30. The number of carboxylic acids is 1. The molecule has 0 unspecified atom stereocenters. The minimum Gasteiger partial charge on any atom is -0.477 e. The van der Waals surface area contributed by atoms with Crippen molar-refractivity contribution in [2.45, 2.75) is 19.4 Å². The van der Waals surface area contributed by atoms with Gasteiger partial charge in [0.1, 0.15) is 17.4 Å². The maximum Gasteiger partial charge on any atom is 0.344 e. The molecule has 0 aliphatic rings. The molecule has 0 spiro atoms. The van der Waals surface area contributed by atoms with Gasteiger partial charge in [0.15, 0.2) is 17.2 Å². The summed E-state index contributed by atoms with van der Waals surface area (Å²) in [5.74, 6) is -6.18. The quantitative estimate of drug-likeness (QED) is 0.158. The number of hydrogen-bond acceptors (Lipinski definition) is 7. The van der Waals surface area contributed by atoms with Gasteiger partial charge in [-0.1, -0.05) is 11.6 Å². The summed E-state index contributed by atoms with van der Waals surface area (Å²) in [6, 6.07) is 3.57. The SMILES string of the molecule is O=C(NCCCCNc1ccncc1)Nc1snc(OCc2c(F)cc(Cl)c(F)c2F)c1C(=O)O. The molecular weight excluding hydrogens is 511 g/mol. The predicted octanol–water partition coefficient (Wildman–Crippen LogP) is 4.90. The fraction of sp³-hybridized carbons (Fsp3) is 0.238. The fourth-order valence-electron chi connectivity index (χ4n) is 2.83. The molecule has 0 radical (unpaired) electrons.